The number of fused-ring (bicyclic) bond motifs is 1. The van der Waals surface area contributed by atoms with Crippen LogP contribution in [0.3, 0.4) is 0 Å². The fourth-order valence-corrected chi connectivity index (χ4v) is 3.50. The number of rotatable bonds is 3. The molecule has 4 heteroatoms. The molecular weight excluding hydrogens is 244 g/mol. The van der Waals surface area contributed by atoms with E-state index in [0.29, 0.717) is 6.10 Å². The minimum Gasteiger partial charge on any atom is -0.376 e. The van der Waals surface area contributed by atoms with Crippen molar-refractivity contribution in [2.45, 2.75) is 32.8 Å². The van der Waals surface area contributed by atoms with Crippen LogP contribution in [0.4, 0.5) is 5.13 Å². The average Bonchev–Trinajstić information content (AvgIpc) is 2.93. The lowest BCUT2D eigenvalue weighted by Crippen LogP contribution is -2.18. The molecule has 1 aliphatic heterocycles. The number of aromatic nitrogens is 1. The van der Waals surface area contributed by atoms with Gasteiger partial charge < -0.3 is 10.1 Å². The quantitative estimate of drug-likeness (QED) is 0.919. The van der Waals surface area contributed by atoms with E-state index in [-0.39, 0.29) is 0 Å². The van der Waals surface area contributed by atoms with Crippen molar-refractivity contribution in [3.8, 4) is 0 Å². The van der Waals surface area contributed by atoms with Crippen molar-refractivity contribution in [2.24, 2.45) is 0 Å². The summed E-state index contributed by atoms with van der Waals surface area (Å²) in [5.41, 5.74) is 3.68. The molecule has 1 aliphatic rings. The monoisotopic (exact) mass is 262 g/mol. The molecule has 0 radical (unpaired) electrons. The zero-order valence-electron chi connectivity index (χ0n) is 10.8. The topological polar surface area (TPSA) is 34.2 Å². The number of anilines is 1. The van der Waals surface area contributed by atoms with Crippen LogP contribution in [0, 0.1) is 13.8 Å². The number of nitrogens with one attached hydrogen (secondary N) is 1. The zero-order chi connectivity index (χ0) is 12.5. The van der Waals surface area contributed by atoms with Gasteiger partial charge in [-0.3, -0.25) is 0 Å². The molecule has 96 valence electrons. The van der Waals surface area contributed by atoms with Crippen LogP contribution in [0.15, 0.2) is 12.1 Å². The summed E-state index contributed by atoms with van der Waals surface area (Å²) >= 11 is 1.73. The smallest absolute Gasteiger partial charge is 0.183 e. The first-order valence-corrected chi connectivity index (χ1v) is 7.27. The molecule has 0 aliphatic carbocycles. The summed E-state index contributed by atoms with van der Waals surface area (Å²) in [4.78, 5) is 4.67. The largest absolute Gasteiger partial charge is 0.376 e. The van der Waals surface area contributed by atoms with Gasteiger partial charge in [0.1, 0.15) is 0 Å². The Kier molecular flexibility index (Phi) is 3.22. The predicted molar refractivity (Wildman–Crippen MR) is 76.6 cm³/mol. The number of ether oxygens (including phenoxy) is 1. The van der Waals surface area contributed by atoms with Crippen molar-refractivity contribution in [1.29, 1.82) is 0 Å². The molecule has 1 N–H and O–H groups in total. The molecule has 3 nitrogen and oxygen atoms in total. The van der Waals surface area contributed by atoms with Gasteiger partial charge in [-0.25, -0.2) is 4.98 Å². The first-order chi connectivity index (χ1) is 8.72. The fourth-order valence-electron chi connectivity index (χ4n) is 2.45. The minimum atomic E-state index is 0.361. The third-order valence-corrected chi connectivity index (χ3v) is 4.29. The van der Waals surface area contributed by atoms with Crippen molar-refractivity contribution in [3.05, 3.63) is 23.3 Å². The molecule has 1 atom stereocenters. The van der Waals surface area contributed by atoms with E-state index in [2.05, 4.69) is 36.3 Å². The maximum atomic E-state index is 5.61. The van der Waals surface area contributed by atoms with Gasteiger partial charge in [0.15, 0.2) is 5.13 Å². The van der Waals surface area contributed by atoms with Crippen molar-refractivity contribution in [3.63, 3.8) is 0 Å². The highest BCUT2D eigenvalue weighted by Gasteiger charge is 2.15. The summed E-state index contributed by atoms with van der Waals surface area (Å²) in [6, 6.07) is 4.39. The second-order valence-corrected chi connectivity index (χ2v) is 5.99. The van der Waals surface area contributed by atoms with Crippen LogP contribution in [0.2, 0.25) is 0 Å². The number of hydrogen-bond acceptors (Lipinski definition) is 4. The predicted octanol–water partition coefficient (Wildman–Crippen LogP) is 3.50. The Hall–Kier alpha value is -1.13. The lowest BCUT2D eigenvalue weighted by atomic mass is 10.1. The fraction of sp³-hybridized carbons (Fsp3) is 0.500. The van der Waals surface area contributed by atoms with Crippen LogP contribution in [0.5, 0.6) is 0 Å². The van der Waals surface area contributed by atoms with Crippen LogP contribution in [0.25, 0.3) is 10.2 Å². The van der Waals surface area contributed by atoms with E-state index in [0.717, 1.165) is 30.2 Å². The highest BCUT2D eigenvalue weighted by atomic mass is 32.1. The first kappa shape index (κ1) is 11.9. The summed E-state index contributed by atoms with van der Waals surface area (Å²) in [5.74, 6) is 0. The SMILES string of the molecule is Cc1cc(C)c2nc(NC[C@@H]3CCCO3)sc2c1. The van der Waals surface area contributed by atoms with Gasteiger partial charge in [-0.1, -0.05) is 17.4 Å². The Morgan fingerprint density at radius 2 is 2.33 bits per heavy atom. The lowest BCUT2D eigenvalue weighted by Gasteiger charge is -2.08. The summed E-state index contributed by atoms with van der Waals surface area (Å²) in [6.07, 6.45) is 2.71. The molecule has 2 aromatic rings. The van der Waals surface area contributed by atoms with Gasteiger partial charge in [0.2, 0.25) is 0 Å². The third kappa shape index (κ3) is 2.35. The first-order valence-electron chi connectivity index (χ1n) is 6.45. The number of hydrogen-bond donors (Lipinski definition) is 1. The van der Waals surface area contributed by atoms with Crippen molar-refractivity contribution in [1.82, 2.24) is 4.98 Å². The van der Waals surface area contributed by atoms with Gasteiger partial charge >= 0.3 is 0 Å². The number of nitrogens with zero attached hydrogens (tertiary/aromatic N) is 1. The van der Waals surface area contributed by atoms with E-state index in [4.69, 9.17) is 4.74 Å². The van der Waals surface area contributed by atoms with Crippen LogP contribution in [-0.4, -0.2) is 24.2 Å². The molecule has 0 unspecified atom stereocenters. The summed E-state index contributed by atoms with van der Waals surface area (Å²) in [5, 5.41) is 4.41. The van der Waals surface area contributed by atoms with Crippen molar-refractivity contribution < 1.29 is 4.74 Å². The van der Waals surface area contributed by atoms with Crippen LogP contribution in [0.1, 0.15) is 24.0 Å². The van der Waals surface area contributed by atoms with Gasteiger partial charge in [0, 0.05) is 13.2 Å². The summed E-state index contributed by atoms with van der Waals surface area (Å²) in [7, 11) is 0. The number of thiazole rings is 1. The molecule has 1 aromatic carbocycles. The molecule has 1 aromatic heterocycles. The van der Waals surface area contributed by atoms with E-state index in [1.165, 1.54) is 22.2 Å². The van der Waals surface area contributed by atoms with Crippen molar-refractivity contribution in [2.75, 3.05) is 18.5 Å². The second kappa shape index (κ2) is 4.86. The lowest BCUT2D eigenvalue weighted by molar-refractivity contribution is 0.120. The Morgan fingerprint density at radius 3 is 3.11 bits per heavy atom. The van der Waals surface area contributed by atoms with E-state index < -0.39 is 0 Å². The molecule has 1 fully saturated rings. The highest BCUT2D eigenvalue weighted by Crippen LogP contribution is 2.29. The Balaban J connectivity index is 1.78. The third-order valence-electron chi connectivity index (χ3n) is 3.33. The number of benzene rings is 1. The molecule has 0 spiro atoms. The normalized spacial score (nSPS) is 19.6. The van der Waals surface area contributed by atoms with Gasteiger partial charge in [-0.2, -0.15) is 0 Å². The summed E-state index contributed by atoms with van der Waals surface area (Å²) in [6.45, 7) is 6.03. The molecule has 0 saturated carbocycles. The van der Waals surface area contributed by atoms with Crippen LogP contribution >= 0.6 is 11.3 Å². The van der Waals surface area contributed by atoms with Gasteiger partial charge in [0.25, 0.3) is 0 Å². The molecule has 2 heterocycles. The van der Waals surface area contributed by atoms with Gasteiger partial charge in [-0.15, -0.1) is 0 Å². The van der Waals surface area contributed by atoms with E-state index in [1.54, 1.807) is 11.3 Å². The Morgan fingerprint density at radius 1 is 1.44 bits per heavy atom. The van der Waals surface area contributed by atoms with Gasteiger partial charge in [-0.05, 0) is 43.9 Å². The molecule has 0 bridgehead atoms. The van der Waals surface area contributed by atoms with Gasteiger partial charge in [0.05, 0.1) is 16.3 Å². The second-order valence-electron chi connectivity index (χ2n) is 4.96. The van der Waals surface area contributed by atoms with E-state index in [9.17, 15) is 0 Å². The molecule has 18 heavy (non-hydrogen) atoms. The van der Waals surface area contributed by atoms with E-state index >= 15 is 0 Å². The number of aryl methyl sites for hydroxylation is 2. The zero-order valence-corrected chi connectivity index (χ0v) is 11.6. The van der Waals surface area contributed by atoms with Crippen LogP contribution in [-0.2, 0) is 4.74 Å². The minimum absolute atomic E-state index is 0.361. The maximum absolute atomic E-state index is 5.61. The molecular formula is C14H18N2OS. The van der Waals surface area contributed by atoms with Crippen molar-refractivity contribution >= 4 is 26.7 Å². The Bertz CT molecular complexity index is 558. The Labute approximate surface area is 111 Å². The molecule has 3 rings (SSSR count). The highest BCUT2D eigenvalue weighted by molar-refractivity contribution is 7.22. The van der Waals surface area contributed by atoms with E-state index in [1.807, 2.05) is 0 Å². The molecule has 0 amide bonds. The van der Waals surface area contributed by atoms with Crippen LogP contribution < -0.4 is 5.32 Å². The standard InChI is InChI=1S/C14H18N2OS/c1-9-6-10(2)13-12(7-9)18-14(16-13)15-8-11-4-3-5-17-11/h6-7,11H,3-5,8H2,1-2H3,(H,15,16)/t11-/m0/s1. The maximum Gasteiger partial charge on any atom is 0.183 e. The summed E-state index contributed by atoms with van der Waals surface area (Å²) < 4.78 is 6.87. The average molecular weight is 262 g/mol. The molecule has 1 saturated heterocycles.